The van der Waals surface area contributed by atoms with Crippen LogP contribution in [0, 0.1) is 5.82 Å². The molecule has 0 saturated heterocycles. The Morgan fingerprint density at radius 2 is 1.93 bits per heavy atom. The minimum atomic E-state index is -1.45. The zero-order valence-corrected chi connectivity index (χ0v) is 8.20. The fourth-order valence-corrected chi connectivity index (χ4v) is 1.15. The third-order valence-corrected chi connectivity index (χ3v) is 1.88. The SMILES string of the molecule is COc1cc(OC)c(C(=O)O)c(F)c1N. The molecule has 1 aromatic rings. The molecule has 0 aliphatic rings. The van der Waals surface area contributed by atoms with Crippen molar-refractivity contribution in [2.24, 2.45) is 0 Å². The number of hydrogen-bond donors (Lipinski definition) is 2. The molecule has 0 aromatic heterocycles. The van der Waals surface area contributed by atoms with Gasteiger partial charge in [0.15, 0.2) is 5.82 Å². The van der Waals surface area contributed by atoms with Gasteiger partial charge in [-0.3, -0.25) is 0 Å². The smallest absolute Gasteiger partial charge is 0.342 e. The Hall–Kier alpha value is -1.98. The lowest BCUT2D eigenvalue weighted by Crippen LogP contribution is -2.08. The van der Waals surface area contributed by atoms with Crippen LogP contribution < -0.4 is 15.2 Å². The predicted octanol–water partition coefficient (Wildman–Crippen LogP) is 1.12. The normalized spacial score (nSPS) is 9.80. The predicted molar refractivity (Wildman–Crippen MR) is 50.9 cm³/mol. The summed E-state index contributed by atoms with van der Waals surface area (Å²) >= 11 is 0. The quantitative estimate of drug-likeness (QED) is 0.738. The van der Waals surface area contributed by atoms with Gasteiger partial charge in [0, 0.05) is 6.07 Å². The molecule has 0 unspecified atom stereocenters. The molecular formula is C9H10FNO4. The lowest BCUT2D eigenvalue weighted by Gasteiger charge is -2.11. The Labute approximate surface area is 85.2 Å². The van der Waals surface area contributed by atoms with Crippen LogP contribution in [0.4, 0.5) is 10.1 Å². The highest BCUT2D eigenvalue weighted by atomic mass is 19.1. The van der Waals surface area contributed by atoms with Crippen LogP contribution in [0.25, 0.3) is 0 Å². The highest BCUT2D eigenvalue weighted by Gasteiger charge is 2.22. The average Bonchev–Trinajstić information content (AvgIpc) is 2.20. The minimum absolute atomic E-state index is 0.0364. The number of halogens is 1. The molecular weight excluding hydrogens is 205 g/mol. The number of methoxy groups -OCH3 is 2. The summed E-state index contributed by atoms with van der Waals surface area (Å²) in [6.45, 7) is 0. The monoisotopic (exact) mass is 215 g/mol. The van der Waals surface area contributed by atoms with E-state index >= 15 is 0 Å². The van der Waals surface area contributed by atoms with Gasteiger partial charge >= 0.3 is 5.97 Å². The number of benzene rings is 1. The van der Waals surface area contributed by atoms with E-state index in [1.165, 1.54) is 20.3 Å². The van der Waals surface area contributed by atoms with Crippen molar-refractivity contribution in [3.63, 3.8) is 0 Å². The van der Waals surface area contributed by atoms with Crippen LogP contribution in [0.3, 0.4) is 0 Å². The van der Waals surface area contributed by atoms with Crippen LogP contribution in [0.15, 0.2) is 6.07 Å². The highest BCUT2D eigenvalue weighted by molar-refractivity contribution is 5.93. The second kappa shape index (κ2) is 4.04. The second-order valence-corrected chi connectivity index (χ2v) is 2.69. The summed E-state index contributed by atoms with van der Waals surface area (Å²) in [5.41, 5.74) is 4.38. The van der Waals surface area contributed by atoms with Crippen molar-refractivity contribution in [1.29, 1.82) is 0 Å². The molecule has 0 fully saturated rings. The summed E-state index contributed by atoms with van der Waals surface area (Å²) in [6.07, 6.45) is 0. The van der Waals surface area contributed by atoms with Crippen LogP contribution >= 0.6 is 0 Å². The molecule has 0 atom stereocenters. The molecule has 3 N–H and O–H groups in total. The maximum Gasteiger partial charge on any atom is 0.342 e. The first-order valence-corrected chi connectivity index (χ1v) is 3.96. The second-order valence-electron chi connectivity index (χ2n) is 2.69. The number of nitrogen functional groups attached to an aromatic ring is 1. The maximum atomic E-state index is 13.5. The van der Waals surface area contributed by atoms with Gasteiger partial charge in [0.1, 0.15) is 22.7 Å². The summed E-state index contributed by atoms with van der Waals surface area (Å²) in [6, 6.07) is 1.22. The number of ether oxygens (including phenoxy) is 2. The number of hydrogen-bond acceptors (Lipinski definition) is 4. The topological polar surface area (TPSA) is 81.8 Å². The fourth-order valence-electron chi connectivity index (χ4n) is 1.15. The Kier molecular flexibility index (Phi) is 2.99. The summed E-state index contributed by atoms with van der Waals surface area (Å²) < 4.78 is 23.0. The van der Waals surface area contributed by atoms with Crippen molar-refractivity contribution in [2.45, 2.75) is 0 Å². The summed E-state index contributed by atoms with van der Waals surface area (Å²) in [4.78, 5) is 10.7. The van der Waals surface area contributed by atoms with E-state index in [9.17, 15) is 9.18 Å². The van der Waals surface area contributed by atoms with E-state index in [2.05, 4.69) is 0 Å². The van der Waals surface area contributed by atoms with Crippen molar-refractivity contribution in [1.82, 2.24) is 0 Å². The molecule has 5 nitrogen and oxygen atoms in total. The Morgan fingerprint density at radius 3 is 2.33 bits per heavy atom. The molecule has 0 amide bonds. The first-order chi connectivity index (χ1) is 7.02. The van der Waals surface area contributed by atoms with Gasteiger partial charge in [0.05, 0.1) is 14.2 Å². The van der Waals surface area contributed by atoms with Gasteiger partial charge in [-0.2, -0.15) is 0 Å². The Morgan fingerprint density at radius 1 is 1.40 bits per heavy atom. The lowest BCUT2D eigenvalue weighted by molar-refractivity contribution is 0.0688. The number of aromatic carboxylic acids is 1. The number of carbonyl (C=O) groups is 1. The largest absolute Gasteiger partial charge is 0.496 e. The van der Waals surface area contributed by atoms with E-state index in [1.54, 1.807) is 0 Å². The van der Waals surface area contributed by atoms with Crippen molar-refractivity contribution in [3.8, 4) is 11.5 Å². The molecule has 0 spiro atoms. The molecule has 1 rings (SSSR count). The minimum Gasteiger partial charge on any atom is -0.496 e. The molecule has 82 valence electrons. The molecule has 0 bridgehead atoms. The van der Waals surface area contributed by atoms with Crippen molar-refractivity contribution >= 4 is 11.7 Å². The summed E-state index contributed by atoms with van der Waals surface area (Å²) in [7, 11) is 2.53. The highest BCUT2D eigenvalue weighted by Crippen LogP contribution is 2.34. The lowest BCUT2D eigenvalue weighted by atomic mass is 10.1. The van der Waals surface area contributed by atoms with Crippen LogP contribution in [0.5, 0.6) is 11.5 Å². The average molecular weight is 215 g/mol. The van der Waals surface area contributed by atoms with E-state index in [0.717, 1.165) is 0 Å². The third kappa shape index (κ3) is 1.78. The summed E-state index contributed by atoms with van der Waals surface area (Å²) in [5, 5.41) is 8.75. The fraction of sp³-hybridized carbons (Fsp3) is 0.222. The van der Waals surface area contributed by atoms with E-state index in [-0.39, 0.29) is 17.2 Å². The third-order valence-electron chi connectivity index (χ3n) is 1.88. The zero-order chi connectivity index (χ0) is 11.6. The van der Waals surface area contributed by atoms with Gasteiger partial charge in [-0.25, -0.2) is 9.18 Å². The van der Waals surface area contributed by atoms with Crippen molar-refractivity contribution < 1.29 is 23.8 Å². The first kappa shape index (κ1) is 11.1. The number of carboxylic acids is 1. The number of anilines is 1. The van der Waals surface area contributed by atoms with E-state index < -0.39 is 17.3 Å². The zero-order valence-electron chi connectivity index (χ0n) is 8.20. The Bertz CT molecular complexity index is 406. The van der Waals surface area contributed by atoms with E-state index in [1.807, 2.05) is 0 Å². The van der Waals surface area contributed by atoms with Gasteiger partial charge in [0.2, 0.25) is 0 Å². The number of nitrogens with two attached hydrogens (primary N) is 1. The van der Waals surface area contributed by atoms with Gasteiger partial charge in [-0.15, -0.1) is 0 Å². The summed E-state index contributed by atoms with van der Waals surface area (Å²) in [5.74, 6) is -2.60. The molecule has 15 heavy (non-hydrogen) atoms. The van der Waals surface area contributed by atoms with Crippen LogP contribution in [-0.4, -0.2) is 25.3 Å². The van der Waals surface area contributed by atoms with Gasteiger partial charge < -0.3 is 20.3 Å². The molecule has 1 aromatic carbocycles. The van der Waals surface area contributed by atoms with Crippen molar-refractivity contribution in [3.05, 3.63) is 17.4 Å². The molecule has 0 aliphatic carbocycles. The van der Waals surface area contributed by atoms with E-state index in [4.69, 9.17) is 20.3 Å². The maximum absolute atomic E-state index is 13.5. The van der Waals surface area contributed by atoms with Crippen LogP contribution in [0.2, 0.25) is 0 Å². The first-order valence-electron chi connectivity index (χ1n) is 3.96. The van der Waals surface area contributed by atoms with Gasteiger partial charge in [-0.1, -0.05) is 0 Å². The Balaban J connectivity index is 3.51. The van der Waals surface area contributed by atoms with Gasteiger partial charge in [-0.05, 0) is 0 Å². The number of rotatable bonds is 3. The molecule has 0 heterocycles. The van der Waals surface area contributed by atoms with Crippen LogP contribution in [-0.2, 0) is 0 Å². The number of carboxylic acid groups (broad SMARTS) is 1. The van der Waals surface area contributed by atoms with E-state index in [0.29, 0.717) is 0 Å². The molecule has 0 saturated carbocycles. The standard InChI is InChI=1S/C9H10FNO4/c1-14-4-3-5(15-2)8(11)7(10)6(4)9(12)13/h3H,11H2,1-2H3,(H,12,13). The van der Waals surface area contributed by atoms with Gasteiger partial charge in [0.25, 0.3) is 0 Å². The van der Waals surface area contributed by atoms with Crippen molar-refractivity contribution in [2.75, 3.05) is 20.0 Å². The molecule has 0 radical (unpaired) electrons. The molecule has 6 heteroatoms. The molecule has 0 aliphatic heterocycles. The van der Waals surface area contributed by atoms with Crippen LogP contribution in [0.1, 0.15) is 10.4 Å².